The van der Waals surface area contributed by atoms with Crippen molar-refractivity contribution in [2.45, 2.75) is 6.92 Å². The van der Waals surface area contributed by atoms with E-state index in [2.05, 4.69) is 20.4 Å². The van der Waals surface area contributed by atoms with Crippen LogP contribution in [0.15, 0.2) is 49.1 Å². The lowest BCUT2D eigenvalue weighted by Crippen LogP contribution is -2.18. The van der Waals surface area contributed by atoms with Crippen LogP contribution in [0.5, 0.6) is 11.5 Å². The number of benzene rings is 1. The van der Waals surface area contributed by atoms with E-state index in [-0.39, 0.29) is 0 Å². The first-order valence-electron chi connectivity index (χ1n) is 9.96. The standard InChI is InChI=1S/C22H19N7O2/c1-13-14-11-25-16(15-12-26-28-6-3-4-24-22(15)28)8-18(14)29(27-13)19-10-20-17(9-21(19)30-2)23-5-7-31-20/h3-4,6,8-12,23H,5,7H2,1-2H3. The van der Waals surface area contributed by atoms with Crippen LogP contribution in [0.2, 0.25) is 0 Å². The minimum Gasteiger partial charge on any atom is -0.494 e. The Bertz CT molecular complexity index is 1450. The van der Waals surface area contributed by atoms with Gasteiger partial charge in [-0.05, 0) is 19.1 Å². The molecule has 1 N–H and O–H groups in total. The lowest BCUT2D eigenvalue weighted by atomic mass is 10.1. The fourth-order valence-electron chi connectivity index (χ4n) is 3.98. The Labute approximate surface area is 177 Å². The third-order valence-corrected chi connectivity index (χ3v) is 5.49. The maximum absolute atomic E-state index is 5.84. The average molecular weight is 413 g/mol. The molecule has 0 amide bonds. The van der Waals surface area contributed by atoms with E-state index in [0.29, 0.717) is 12.4 Å². The zero-order chi connectivity index (χ0) is 20.9. The van der Waals surface area contributed by atoms with Crippen molar-refractivity contribution < 1.29 is 9.47 Å². The van der Waals surface area contributed by atoms with E-state index >= 15 is 0 Å². The van der Waals surface area contributed by atoms with Crippen LogP contribution in [0.25, 0.3) is 33.5 Å². The Morgan fingerprint density at radius 2 is 2.10 bits per heavy atom. The fraction of sp³-hybridized carbons (Fsp3) is 0.182. The van der Waals surface area contributed by atoms with Gasteiger partial charge < -0.3 is 14.8 Å². The minimum absolute atomic E-state index is 0.619. The van der Waals surface area contributed by atoms with E-state index in [9.17, 15) is 0 Å². The van der Waals surface area contributed by atoms with Crippen molar-refractivity contribution >= 4 is 22.2 Å². The van der Waals surface area contributed by atoms with Crippen LogP contribution in [0.1, 0.15) is 5.69 Å². The van der Waals surface area contributed by atoms with Crippen molar-refractivity contribution in [3.05, 3.63) is 54.7 Å². The molecule has 0 atom stereocenters. The molecule has 0 aliphatic carbocycles. The van der Waals surface area contributed by atoms with E-state index in [1.165, 1.54) is 0 Å². The van der Waals surface area contributed by atoms with Gasteiger partial charge in [0.05, 0.1) is 41.5 Å². The predicted octanol–water partition coefficient (Wildman–Crippen LogP) is 3.25. The molecule has 154 valence electrons. The molecule has 6 rings (SSSR count). The summed E-state index contributed by atoms with van der Waals surface area (Å²) in [6.07, 6.45) is 7.24. The van der Waals surface area contributed by atoms with Gasteiger partial charge in [0.1, 0.15) is 23.8 Å². The minimum atomic E-state index is 0.619. The molecule has 0 unspecified atom stereocenters. The third kappa shape index (κ3) is 2.70. The number of methoxy groups -OCH3 is 1. The number of hydrogen-bond acceptors (Lipinski definition) is 7. The first-order valence-corrected chi connectivity index (χ1v) is 9.96. The lowest BCUT2D eigenvalue weighted by molar-refractivity contribution is 0.322. The molecule has 0 fully saturated rings. The van der Waals surface area contributed by atoms with Gasteiger partial charge in [-0.15, -0.1) is 0 Å². The Hall–Kier alpha value is -4.14. The highest BCUT2D eigenvalue weighted by Gasteiger charge is 2.20. The number of aryl methyl sites for hydroxylation is 1. The number of aromatic nitrogens is 6. The number of hydrogen-bond donors (Lipinski definition) is 1. The Kier molecular flexibility index (Phi) is 3.82. The van der Waals surface area contributed by atoms with Crippen molar-refractivity contribution in [3.8, 4) is 28.4 Å². The van der Waals surface area contributed by atoms with Crippen LogP contribution < -0.4 is 14.8 Å². The number of nitrogens with one attached hydrogen (secondary N) is 1. The van der Waals surface area contributed by atoms with Gasteiger partial charge >= 0.3 is 0 Å². The molecule has 5 aromatic rings. The summed E-state index contributed by atoms with van der Waals surface area (Å²) < 4.78 is 15.2. The van der Waals surface area contributed by atoms with Gasteiger partial charge in [-0.3, -0.25) is 4.98 Å². The van der Waals surface area contributed by atoms with Gasteiger partial charge in [0.15, 0.2) is 5.65 Å². The molecule has 31 heavy (non-hydrogen) atoms. The SMILES string of the molecule is COc1cc2c(cc1-n1nc(C)c3cnc(-c4cnn5cccnc45)cc31)OCCN2. The quantitative estimate of drug-likeness (QED) is 0.485. The zero-order valence-corrected chi connectivity index (χ0v) is 17.0. The van der Waals surface area contributed by atoms with E-state index in [1.54, 1.807) is 24.0 Å². The summed E-state index contributed by atoms with van der Waals surface area (Å²) in [5, 5.41) is 13.5. The molecule has 0 bridgehead atoms. The summed E-state index contributed by atoms with van der Waals surface area (Å²) in [6, 6.07) is 7.77. The second-order valence-electron chi connectivity index (χ2n) is 7.33. The summed E-state index contributed by atoms with van der Waals surface area (Å²) in [4.78, 5) is 9.12. The molecule has 0 saturated heterocycles. The number of fused-ring (bicyclic) bond motifs is 3. The number of ether oxygens (including phenoxy) is 2. The van der Waals surface area contributed by atoms with E-state index in [1.807, 2.05) is 48.3 Å². The Morgan fingerprint density at radius 1 is 1.16 bits per heavy atom. The molecule has 9 heteroatoms. The third-order valence-electron chi connectivity index (χ3n) is 5.49. The summed E-state index contributed by atoms with van der Waals surface area (Å²) in [5.41, 5.74) is 5.90. The summed E-state index contributed by atoms with van der Waals surface area (Å²) >= 11 is 0. The fourth-order valence-corrected chi connectivity index (χ4v) is 3.98. The Balaban J connectivity index is 1.57. The lowest BCUT2D eigenvalue weighted by Gasteiger charge is -2.21. The van der Waals surface area contributed by atoms with Crippen molar-refractivity contribution in [1.82, 2.24) is 29.4 Å². The van der Waals surface area contributed by atoms with E-state index < -0.39 is 0 Å². The number of nitrogens with zero attached hydrogens (tertiary/aromatic N) is 6. The number of anilines is 1. The summed E-state index contributed by atoms with van der Waals surface area (Å²) in [7, 11) is 1.66. The Morgan fingerprint density at radius 3 is 3.00 bits per heavy atom. The van der Waals surface area contributed by atoms with Crippen LogP contribution in [-0.2, 0) is 0 Å². The highest BCUT2D eigenvalue weighted by molar-refractivity contribution is 5.88. The topological polar surface area (TPSA) is 91.4 Å². The first-order chi connectivity index (χ1) is 15.2. The van der Waals surface area contributed by atoms with E-state index in [4.69, 9.17) is 14.6 Å². The molecule has 1 aromatic carbocycles. The summed E-state index contributed by atoms with van der Waals surface area (Å²) in [6.45, 7) is 3.36. The molecule has 1 aliphatic rings. The maximum Gasteiger partial charge on any atom is 0.164 e. The van der Waals surface area contributed by atoms with Crippen molar-refractivity contribution in [3.63, 3.8) is 0 Å². The highest BCUT2D eigenvalue weighted by atomic mass is 16.5. The second kappa shape index (κ2) is 6.69. The van der Waals surface area contributed by atoms with Crippen molar-refractivity contribution in [1.29, 1.82) is 0 Å². The predicted molar refractivity (Wildman–Crippen MR) is 116 cm³/mol. The largest absolute Gasteiger partial charge is 0.494 e. The van der Waals surface area contributed by atoms with E-state index in [0.717, 1.165) is 57.2 Å². The second-order valence-corrected chi connectivity index (χ2v) is 7.33. The van der Waals surface area contributed by atoms with Crippen LogP contribution in [-0.4, -0.2) is 49.6 Å². The van der Waals surface area contributed by atoms with Crippen LogP contribution in [0, 0.1) is 6.92 Å². The van der Waals surface area contributed by atoms with Crippen LogP contribution >= 0.6 is 0 Å². The van der Waals surface area contributed by atoms with Gasteiger partial charge in [0.2, 0.25) is 0 Å². The monoisotopic (exact) mass is 413 g/mol. The highest BCUT2D eigenvalue weighted by Crippen LogP contribution is 2.38. The smallest absolute Gasteiger partial charge is 0.164 e. The molecule has 4 aromatic heterocycles. The van der Waals surface area contributed by atoms with Gasteiger partial charge in [0.25, 0.3) is 0 Å². The molecule has 0 spiro atoms. The van der Waals surface area contributed by atoms with Gasteiger partial charge in [-0.25, -0.2) is 14.2 Å². The van der Waals surface area contributed by atoms with Crippen LogP contribution in [0.3, 0.4) is 0 Å². The molecule has 5 heterocycles. The van der Waals surface area contributed by atoms with Crippen molar-refractivity contribution in [2.75, 3.05) is 25.6 Å². The molecule has 0 saturated carbocycles. The van der Waals surface area contributed by atoms with Crippen molar-refractivity contribution in [2.24, 2.45) is 0 Å². The molecular weight excluding hydrogens is 394 g/mol. The first kappa shape index (κ1) is 17.7. The molecule has 9 nitrogen and oxygen atoms in total. The maximum atomic E-state index is 5.84. The molecule has 1 aliphatic heterocycles. The normalized spacial score (nSPS) is 13.1. The van der Waals surface area contributed by atoms with Gasteiger partial charge in [-0.1, -0.05) is 0 Å². The van der Waals surface area contributed by atoms with Gasteiger partial charge in [-0.2, -0.15) is 10.2 Å². The van der Waals surface area contributed by atoms with Crippen LogP contribution in [0.4, 0.5) is 5.69 Å². The summed E-state index contributed by atoms with van der Waals surface area (Å²) in [5.74, 6) is 1.49. The molecular formula is C22H19N7O2. The molecule has 0 radical (unpaired) electrons. The number of rotatable bonds is 3. The average Bonchev–Trinajstić information content (AvgIpc) is 3.39. The van der Waals surface area contributed by atoms with Gasteiger partial charge in [0, 0.05) is 42.7 Å². The zero-order valence-electron chi connectivity index (χ0n) is 17.0. The number of pyridine rings is 1.